The Morgan fingerprint density at radius 3 is 2.44 bits per heavy atom. The molecule has 0 fully saturated rings. The van der Waals surface area contributed by atoms with Crippen LogP contribution in [0.1, 0.15) is 26.5 Å². The second-order valence-electron chi connectivity index (χ2n) is 5.52. The third-order valence-corrected chi connectivity index (χ3v) is 3.69. The van der Waals surface area contributed by atoms with E-state index in [2.05, 4.69) is 20.3 Å². The van der Waals surface area contributed by atoms with E-state index < -0.39 is 29.1 Å². The number of ether oxygens (including phenoxy) is 1. The molecule has 0 saturated carbocycles. The van der Waals surface area contributed by atoms with Crippen molar-refractivity contribution in [1.29, 1.82) is 0 Å². The van der Waals surface area contributed by atoms with Gasteiger partial charge in [-0.1, -0.05) is 18.2 Å². The summed E-state index contributed by atoms with van der Waals surface area (Å²) in [6, 6.07) is 10.3. The number of rotatable bonds is 4. The summed E-state index contributed by atoms with van der Waals surface area (Å²) < 4.78 is 32.1. The Balaban J connectivity index is 1.90. The Morgan fingerprint density at radius 1 is 1.07 bits per heavy atom. The van der Waals surface area contributed by atoms with Crippen LogP contribution < -0.4 is 5.32 Å². The molecular weight excluding hydrogens is 358 g/mol. The molecule has 3 aromatic rings. The highest BCUT2D eigenvalue weighted by Crippen LogP contribution is 2.21. The number of aromatic nitrogens is 3. The van der Waals surface area contributed by atoms with Crippen molar-refractivity contribution in [1.82, 2.24) is 15.0 Å². The van der Waals surface area contributed by atoms with E-state index in [0.717, 1.165) is 13.2 Å². The number of para-hydroxylation sites is 1. The van der Waals surface area contributed by atoms with E-state index >= 15 is 0 Å². The summed E-state index contributed by atoms with van der Waals surface area (Å²) in [4.78, 5) is 25.3. The number of amides is 1. The van der Waals surface area contributed by atoms with Crippen molar-refractivity contribution >= 4 is 17.6 Å². The Kier molecular flexibility index (Phi) is 4.93. The lowest BCUT2D eigenvalue weighted by molar-refractivity contribution is 0.0595. The molecule has 0 bridgehead atoms. The zero-order chi connectivity index (χ0) is 19.6. The van der Waals surface area contributed by atoms with Crippen molar-refractivity contribution in [3.63, 3.8) is 0 Å². The summed E-state index contributed by atoms with van der Waals surface area (Å²) in [5.74, 6) is -3.88. The Bertz CT molecular complexity index is 1020. The van der Waals surface area contributed by atoms with Gasteiger partial charge in [0.1, 0.15) is 11.6 Å². The van der Waals surface area contributed by atoms with Crippen molar-refractivity contribution in [2.75, 3.05) is 12.4 Å². The van der Waals surface area contributed by atoms with E-state index in [9.17, 15) is 18.4 Å². The van der Waals surface area contributed by atoms with Gasteiger partial charge in [0.15, 0.2) is 5.69 Å². The molecule has 0 unspecified atom stereocenters. The minimum atomic E-state index is -1.09. The maximum Gasteiger partial charge on any atom is 0.340 e. The van der Waals surface area contributed by atoms with E-state index in [1.807, 2.05) is 6.07 Å². The minimum Gasteiger partial charge on any atom is -0.465 e. The summed E-state index contributed by atoms with van der Waals surface area (Å²) in [6.45, 7) is 1.57. The van der Waals surface area contributed by atoms with Crippen LogP contribution in [0.5, 0.6) is 0 Å². The molecule has 9 heteroatoms. The predicted molar refractivity (Wildman–Crippen MR) is 91.7 cm³/mol. The molecule has 0 radical (unpaired) electrons. The van der Waals surface area contributed by atoms with Gasteiger partial charge in [0, 0.05) is 6.07 Å². The number of nitrogens with one attached hydrogen (secondary N) is 1. The highest BCUT2D eigenvalue weighted by Gasteiger charge is 2.21. The fourth-order valence-corrected chi connectivity index (χ4v) is 2.36. The topological polar surface area (TPSA) is 86.1 Å². The van der Waals surface area contributed by atoms with Crippen LogP contribution in [0.2, 0.25) is 0 Å². The highest BCUT2D eigenvalue weighted by atomic mass is 19.1. The predicted octanol–water partition coefficient (Wildman–Crippen LogP) is 2.89. The Labute approximate surface area is 152 Å². The quantitative estimate of drug-likeness (QED) is 0.712. The van der Waals surface area contributed by atoms with Gasteiger partial charge in [-0.15, -0.1) is 5.10 Å². The van der Waals surface area contributed by atoms with Gasteiger partial charge in [-0.05, 0) is 25.1 Å². The van der Waals surface area contributed by atoms with Crippen LogP contribution in [0.25, 0.3) is 5.69 Å². The number of halogens is 2. The molecule has 0 spiro atoms. The fourth-order valence-electron chi connectivity index (χ4n) is 2.36. The monoisotopic (exact) mass is 372 g/mol. The summed E-state index contributed by atoms with van der Waals surface area (Å²) in [6.07, 6.45) is 0. The van der Waals surface area contributed by atoms with Gasteiger partial charge in [-0.25, -0.2) is 13.6 Å². The van der Waals surface area contributed by atoms with Crippen LogP contribution in [-0.2, 0) is 4.74 Å². The van der Waals surface area contributed by atoms with Crippen LogP contribution in [0.15, 0.2) is 42.5 Å². The third-order valence-electron chi connectivity index (χ3n) is 3.69. The molecule has 0 aliphatic rings. The molecule has 0 aliphatic heterocycles. The largest absolute Gasteiger partial charge is 0.465 e. The normalized spacial score (nSPS) is 10.5. The average molecular weight is 372 g/mol. The number of benzene rings is 2. The average Bonchev–Trinajstić information content (AvgIpc) is 3.06. The highest BCUT2D eigenvalue weighted by molar-refractivity contribution is 6.04. The fraction of sp³-hybridized carbons (Fsp3) is 0.111. The second-order valence-corrected chi connectivity index (χ2v) is 5.52. The Morgan fingerprint density at radius 2 is 1.78 bits per heavy atom. The number of hydrogen-bond donors (Lipinski definition) is 1. The van der Waals surface area contributed by atoms with E-state index in [4.69, 9.17) is 0 Å². The number of methoxy groups -OCH3 is 1. The minimum absolute atomic E-state index is 0.0396. The summed E-state index contributed by atoms with van der Waals surface area (Å²) in [5, 5.41) is 10.5. The number of aryl methyl sites for hydroxylation is 1. The van der Waals surface area contributed by atoms with Crippen molar-refractivity contribution in [3.05, 3.63) is 71.1 Å². The first-order chi connectivity index (χ1) is 12.9. The SMILES string of the molecule is COC(=O)c1cc(NC(=O)c2nn(-c3ccccc3)nc2C)c(F)cc1F. The maximum atomic E-state index is 14.0. The molecule has 1 aromatic heterocycles. The molecule has 1 amide bonds. The lowest BCUT2D eigenvalue weighted by Gasteiger charge is -2.08. The second kappa shape index (κ2) is 7.32. The summed E-state index contributed by atoms with van der Waals surface area (Å²) in [7, 11) is 1.06. The number of carbonyl (C=O) groups is 2. The van der Waals surface area contributed by atoms with Gasteiger partial charge in [-0.2, -0.15) is 9.90 Å². The molecule has 0 atom stereocenters. The van der Waals surface area contributed by atoms with Crippen LogP contribution >= 0.6 is 0 Å². The number of anilines is 1. The van der Waals surface area contributed by atoms with E-state index in [1.165, 1.54) is 4.80 Å². The molecule has 1 N–H and O–H groups in total. The lowest BCUT2D eigenvalue weighted by Crippen LogP contribution is -2.16. The van der Waals surface area contributed by atoms with Crippen LogP contribution in [-0.4, -0.2) is 34.0 Å². The lowest BCUT2D eigenvalue weighted by atomic mass is 10.1. The molecule has 7 nitrogen and oxygen atoms in total. The van der Waals surface area contributed by atoms with Gasteiger partial charge in [0.05, 0.1) is 29.7 Å². The van der Waals surface area contributed by atoms with Gasteiger partial charge < -0.3 is 10.1 Å². The Hall–Kier alpha value is -3.62. The standard InChI is InChI=1S/C18H14F2N4O3/c1-10-16(23-24(22-10)11-6-4-3-5-7-11)17(25)21-15-8-12(18(26)27-2)13(19)9-14(15)20/h3-9H,1-2H3,(H,21,25). The molecule has 0 saturated heterocycles. The number of nitrogens with zero attached hydrogens (tertiary/aromatic N) is 3. The number of carbonyl (C=O) groups excluding carboxylic acids is 2. The van der Waals surface area contributed by atoms with E-state index in [1.54, 1.807) is 31.2 Å². The van der Waals surface area contributed by atoms with Crippen molar-refractivity contribution in [2.45, 2.75) is 6.92 Å². The first kappa shape index (κ1) is 18.2. The molecule has 3 rings (SSSR count). The van der Waals surface area contributed by atoms with Crippen molar-refractivity contribution in [3.8, 4) is 5.69 Å². The van der Waals surface area contributed by atoms with Gasteiger partial charge >= 0.3 is 5.97 Å². The number of hydrogen-bond acceptors (Lipinski definition) is 5. The van der Waals surface area contributed by atoms with Crippen LogP contribution in [0.3, 0.4) is 0 Å². The summed E-state index contributed by atoms with van der Waals surface area (Å²) in [5.41, 5.74) is 0.0316. The first-order valence-corrected chi connectivity index (χ1v) is 7.78. The summed E-state index contributed by atoms with van der Waals surface area (Å²) >= 11 is 0. The molecule has 2 aromatic carbocycles. The van der Waals surface area contributed by atoms with Gasteiger partial charge in [-0.3, -0.25) is 4.79 Å². The third kappa shape index (κ3) is 3.66. The smallest absolute Gasteiger partial charge is 0.340 e. The molecular formula is C18H14F2N4O3. The maximum absolute atomic E-state index is 14.0. The van der Waals surface area contributed by atoms with Gasteiger partial charge in [0.2, 0.25) is 0 Å². The van der Waals surface area contributed by atoms with Crippen LogP contribution in [0.4, 0.5) is 14.5 Å². The molecule has 138 valence electrons. The van der Waals surface area contributed by atoms with E-state index in [0.29, 0.717) is 17.4 Å². The van der Waals surface area contributed by atoms with Crippen molar-refractivity contribution < 1.29 is 23.1 Å². The number of esters is 1. The van der Waals surface area contributed by atoms with Crippen molar-refractivity contribution in [2.24, 2.45) is 0 Å². The molecule has 1 heterocycles. The first-order valence-electron chi connectivity index (χ1n) is 7.78. The zero-order valence-corrected chi connectivity index (χ0v) is 14.4. The van der Waals surface area contributed by atoms with Gasteiger partial charge in [0.25, 0.3) is 5.91 Å². The van der Waals surface area contributed by atoms with E-state index in [-0.39, 0.29) is 11.4 Å². The van der Waals surface area contributed by atoms with Crippen LogP contribution in [0, 0.1) is 18.6 Å². The zero-order valence-electron chi connectivity index (χ0n) is 14.4. The molecule has 0 aliphatic carbocycles. The molecule has 27 heavy (non-hydrogen) atoms.